The maximum atomic E-state index is 12.1. The molecule has 1 amide bonds. The molecular weight excluding hydrogens is 244 g/mol. The van der Waals surface area contributed by atoms with Crippen molar-refractivity contribution in [2.75, 3.05) is 11.5 Å². The van der Waals surface area contributed by atoms with Gasteiger partial charge in [0.1, 0.15) is 6.61 Å². The summed E-state index contributed by atoms with van der Waals surface area (Å²) < 4.78 is 10.8. The number of ether oxygens (including phenoxy) is 1. The van der Waals surface area contributed by atoms with E-state index in [9.17, 15) is 4.79 Å². The van der Waals surface area contributed by atoms with Crippen LogP contribution in [0.1, 0.15) is 18.4 Å². The van der Waals surface area contributed by atoms with Crippen molar-refractivity contribution >= 4 is 17.5 Å². The van der Waals surface area contributed by atoms with E-state index in [1.807, 2.05) is 31.2 Å². The van der Waals surface area contributed by atoms with Gasteiger partial charge >= 0.3 is 0 Å². The van der Waals surface area contributed by atoms with Gasteiger partial charge in [0.25, 0.3) is 0 Å². The molecule has 5 nitrogen and oxygen atoms in total. The number of aromatic nitrogens is 1. The SMILES string of the molecule is CCOCc1ncc(N2C(=O)Cc3ccccc32)o1. The van der Waals surface area contributed by atoms with E-state index in [4.69, 9.17) is 9.15 Å². The Bertz CT molecular complexity index is 606. The second-order valence-electron chi connectivity index (χ2n) is 4.26. The number of benzene rings is 1. The monoisotopic (exact) mass is 258 g/mol. The van der Waals surface area contributed by atoms with Crippen LogP contribution in [0.3, 0.4) is 0 Å². The van der Waals surface area contributed by atoms with Gasteiger partial charge in [0.15, 0.2) is 0 Å². The number of rotatable bonds is 4. The minimum Gasteiger partial charge on any atom is -0.422 e. The van der Waals surface area contributed by atoms with Crippen LogP contribution in [0.15, 0.2) is 34.9 Å². The van der Waals surface area contributed by atoms with E-state index < -0.39 is 0 Å². The molecule has 0 spiro atoms. The molecule has 1 aromatic carbocycles. The molecule has 3 rings (SSSR count). The van der Waals surface area contributed by atoms with Gasteiger partial charge in [0, 0.05) is 6.61 Å². The number of carbonyl (C=O) groups is 1. The summed E-state index contributed by atoms with van der Waals surface area (Å²) in [6, 6.07) is 7.69. The first kappa shape index (κ1) is 11.9. The van der Waals surface area contributed by atoms with Crippen molar-refractivity contribution in [2.45, 2.75) is 20.0 Å². The fourth-order valence-electron chi connectivity index (χ4n) is 2.16. The van der Waals surface area contributed by atoms with Crippen molar-refractivity contribution in [3.05, 3.63) is 41.9 Å². The van der Waals surface area contributed by atoms with E-state index >= 15 is 0 Å². The van der Waals surface area contributed by atoms with Crippen LogP contribution >= 0.6 is 0 Å². The number of amides is 1. The van der Waals surface area contributed by atoms with E-state index in [-0.39, 0.29) is 5.91 Å². The molecule has 1 aromatic heterocycles. The summed E-state index contributed by atoms with van der Waals surface area (Å²) in [6.45, 7) is 2.83. The summed E-state index contributed by atoms with van der Waals surface area (Å²) in [4.78, 5) is 17.7. The third-order valence-corrected chi connectivity index (χ3v) is 3.02. The second-order valence-corrected chi connectivity index (χ2v) is 4.26. The van der Waals surface area contributed by atoms with Crippen molar-refractivity contribution < 1.29 is 13.9 Å². The third-order valence-electron chi connectivity index (χ3n) is 3.02. The normalized spacial score (nSPS) is 13.9. The zero-order valence-electron chi connectivity index (χ0n) is 10.6. The molecule has 98 valence electrons. The Balaban J connectivity index is 1.90. The predicted octanol–water partition coefficient (Wildman–Crippen LogP) is 2.43. The Morgan fingerprint density at radius 2 is 2.26 bits per heavy atom. The first-order chi connectivity index (χ1) is 9.29. The Morgan fingerprint density at radius 3 is 3.11 bits per heavy atom. The molecule has 2 aromatic rings. The highest BCUT2D eigenvalue weighted by Crippen LogP contribution is 2.35. The molecule has 2 heterocycles. The molecule has 0 radical (unpaired) electrons. The van der Waals surface area contributed by atoms with Crippen LogP contribution in [0.25, 0.3) is 0 Å². The van der Waals surface area contributed by atoms with E-state index in [1.165, 1.54) is 0 Å². The minimum absolute atomic E-state index is 0.000287. The van der Waals surface area contributed by atoms with Crippen LogP contribution in [0, 0.1) is 0 Å². The van der Waals surface area contributed by atoms with Gasteiger partial charge in [-0.3, -0.25) is 4.79 Å². The minimum atomic E-state index is 0.000287. The lowest BCUT2D eigenvalue weighted by Gasteiger charge is -2.12. The lowest BCUT2D eigenvalue weighted by atomic mass is 10.2. The van der Waals surface area contributed by atoms with Crippen molar-refractivity contribution in [3.63, 3.8) is 0 Å². The lowest BCUT2D eigenvalue weighted by Crippen LogP contribution is -2.20. The van der Waals surface area contributed by atoms with Gasteiger partial charge in [-0.05, 0) is 18.6 Å². The molecule has 0 unspecified atom stereocenters. The first-order valence-electron chi connectivity index (χ1n) is 6.23. The Hall–Kier alpha value is -2.14. The highest BCUT2D eigenvalue weighted by atomic mass is 16.5. The van der Waals surface area contributed by atoms with Crippen LogP contribution in [0.5, 0.6) is 0 Å². The molecule has 1 aliphatic heterocycles. The number of hydrogen-bond donors (Lipinski definition) is 0. The smallest absolute Gasteiger partial charge is 0.238 e. The standard InChI is InChI=1S/C14H14N2O3/c1-2-18-9-12-15-8-14(19-12)16-11-6-4-3-5-10(11)7-13(16)17/h3-6,8H,2,7,9H2,1H3. The average Bonchev–Trinajstić information content (AvgIpc) is 2.99. The third kappa shape index (κ3) is 2.13. The fraction of sp³-hybridized carbons (Fsp3) is 0.286. The molecule has 0 saturated heterocycles. The van der Waals surface area contributed by atoms with E-state index in [0.717, 1.165) is 11.3 Å². The molecule has 0 atom stereocenters. The Morgan fingerprint density at radius 1 is 1.42 bits per heavy atom. The Kier molecular flexibility index (Phi) is 3.05. The molecule has 0 aliphatic carbocycles. The average molecular weight is 258 g/mol. The molecular formula is C14H14N2O3. The number of nitrogens with zero attached hydrogens (tertiary/aromatic N) is 2. The van der Waals surface area contributed by atoms with Crippen LogP contribution in [-0.4, -0.2) is 17.5 Å². The number of carbonyl (C=O) groups excluding carboxylic acids is 1. The first-order valence-corrected chi connectivity index (χ1v) is 6.23. The summed E-state index contributed by atoms with van der Waals surface area (Å²) >= 11 is 0. The van der Waals surface area contributed by atoms with E-state index in [1.54, 1.807) is 11.1 Å². The zero-order valence-corrected chi connectivity index (χ0v) is 10.6. The predicted molar refractivity (Wildman–Crippen MR) is 69.1 cm³/mol. The maximum absolute atomic E-state index is 12.1. The molecule has 1 aliphatic rings. The maximum Gasteiger partial charge on any atom is 0.238 e. The van der Waals surface area contributed by atoms with E-state index in [0.29, 0.717) is 31.4 Å². The molecule has 0 fully saturated rings. The molecule has 5 heteroatoms. The lowest BCUT2D eigenvalue weighted by molar-refractivity contribution is -0.116. The molecule has 19 heavy (non-hydrogen) atoms. The number of oxazole rings is 1. The zero-order chi connectivity index (χ0) is 13.2. The summed E-state index contributed by atoms with van der Waals surface area (Å²) in [6.07, 6.45) is 1.96. The van der Waals surface area contributed by atoms with E-state index in [2.05, 4.69) is 4.98 Å². The van der Waals surface area contributed by atoms with Crippen LogP contribution in [-0.2, 0) is 22.6 Å². The Labute approximate surface area is 110 Å². The van der Waals surface area contributed by atoms with Gasteiger partial charge < -0.3 is 9.15 Å². The highest BCUT2D eigenvalue weighted by molar-refractivity contribution is 6.06. The quantitative estimate of drug-likeness (QED) is 0.845. The van der Waals surface area contributed by atoms with Crippen molar-refractivity contribution in [1.82, 2.24) is 4.98 Å². The summed E-state index contributed by atoms with van der Waals surface area (Å²) in [5.74, 6) is 0.930. The van der Waals surface area contributed by atoms with Crippen LogP contribution < -0.4 is 4.90 Å². The summed E-state index contributed by atoms with van der Waals surface area (Å²) in [5, 5.41) is 0. The van der Waals surface area contributed by atoms with Crippen molar-refractivity contribution in [2.24, 2.45) is 0 Å². The highest BCUT2D eigenvalue weighted by Gasteiger charge is 2.30. The van der Waals surface area contributed by atoms with Crippen LogP contribution in [0.2, 0.25) is 0 Å². The number of para-hydroxylation sites is 1. The summed E-state index contributed by atoms with van der Waals surface area (Å²) in [7, 11) is 0. The van der Waals surface area contributed by atoms with Gasteiger partial charge in [0.05, 0.1) is 18.3 Å². The molecule has 0 N–H and O–H groups in total. The molecule has 0 saturated carbocycles. The van der Waals surface area contributed by atoms with Gasteiger partial charge in [-0.2, -0.15) is 0 Å². The number of fused-ring (bicyclic) bond motifs is 1. The van der Waals surface area contributed by atoms with Crippen molar-refractivity contribution in [3.8, 4) is 0 Å². The van der Waals surface area contributed by atoms with Gasteiger partial charge in [-0.15, -0.1) is 0 Å². The van der Waals surface area contributed by atoms with Crippen molar-refractivity contribution in [1.29, 1.82) is 0 Å². The molecule has 0 bridgehead atoms. The fourth-order valence-corrected chi connectivity index (χ4v) is 2.16. The second kappa shape index (κ2) is 4.85. The topological polar surface area (TPSA) is 55.6 Å². The largest absolute Gasteiger partial charge is 0.422 e. The summed E-state index contributed by atoms with van der Waals surface area (Å²) in [5.41, 5.74) is 1.88. The van der Waals surface area contributed by atoms with Gasteiger partial charge in [-0.1, -0.05) is 18.2 Å². The van der Waals surface area contributed by atoms with Gasteiger partial charge in [-0.25, -0.2) is 9.88 Å². The van der Waals surface area contributed by atoms with Crippen LogP contribution in [0.4, 0.5) is 11.6 Å². The number of hydrogen-bond acceptors (Lipinski definition) is 4. The van der Waals surface area contributed by atoms with Gasteiger partial charge in [0.2, 0.25) is 17.7 Å². The number of anilines is 2.